The number of hydrogen-bond acceptors (Lipinski definition) is 7. The molecule has 1 aliphatic rings. The maximum atomic E-state index is 13.0. The van der Waals surface area contributed by atoms with Gasteiger partial charge in [0, 0.05) is 0 Å². The topological polar surface area (TPSA) is 106 Å². The molecule has 2 aromatic carbocycles. The second kappa shape index (κ2) is 9.35. The van der Waals surface area contributed by atoms with Crippen molar-refractivity contribution in [2.24, 2.45) is 5.73 Å². The third kappa shape index (κ3) is 3.79. The average Bonchev–Trinajstić information content (AvgIpc) is 2.81. The largest absolute Gasteiger partial charge is 0.466 e. The molecule has 0 bridgehead atoms. The van der Waals surface area contributed by atoms with Gasteiger partial charge in [-0.25, -0.2) is 9.59 Å². The molecule has 0 spiro atoms. The third-order valence-corrected chi connectivity index (χ3v) is 6.06. The summed E-state index contributed by atoms with van der Waals surface area (Å²) in [5.74, 6) is -2.63. The normalized spacial score (nSPS) is 16.0. The summed E-state index contributed by atoms with van der Waals surface area (Å²) in [7, 11) is 2.37. The Morgan fingerprint density at radius 2 is 1.69 bits per heavy atom. The Morgan fingerprint density at radius 1 is 1.06 bits per heavy atom. The minimum absolute atomic E-state index is 0.0455. The molecule has 0 fully saturated rings. The fourth-order valence-corrected chi connectivity index (χ4v) is 4.01. The number of ether oxygens (including phenoxy) is 2. The van der Waals surface area contributed by atoms with E-state index in [0.29, 0.717) is 21.8 Å². The van der Waals surface area contributed by atoms with E-state index in [0.717, 1.165) is 0 Å². The number of anilines is 1. The fraction of sp³-hybridized carbons (Fsp3) is 0.174. The van der Waals surface area contributed by atoms with Gasteiger partial charge in [0.2, 0.25) is 0 Å². The molecule has 2 N–H and O–H groups in total. The number of halogens is 2. The number of esters is 2. The van der Waals surface area contributed by atoms with Crippen molar-refractivity contribution in [3.05, 3.63) is 86.3 Å². The van der Waals surface area contributed by atoms with Crippen LogP contribution in [0.1, 0.15) is 17.0 Å². The highest BCUT2D eigenvalue weighted by Gasteiger charge is 2.43. The minimum Gasteiger partial charge on any atom is -0.466 e. The van der Waals surface area contributed by atoms with Gasteiger partial charge in [0.15, 0.2) is 0 Å². The fourth-order valence-electron chi connectivity index (χ4n) is 3.65. The van der Waals surface area contributed by atoms with E-state index in [4.69, 9.17) is 38.4 Å². The van der Waals surface area contributed by atoms with Gasteiger partial charge in [-0.15, -0.1) is 0 Å². The molecular formula is C23H19Cl2N3O4. The third-order valence-electron chi connectivity index (χ3n) is 5.16. The molecule has 0 saturated heterocycles. The van der Waals surface area contributed by atoms with Crippen molar-refractivity contribution in [2.45, 2.75) is 12.8 Å². The van der Waals surface area contributed by atoms with Crippen LogP contribution in [0.4, 0.5) is 5.69 Å². The highest BCUT2D eigenvalue weighted by Crippen LogP contribution is 2.45. The molecule has 32 heavy (non-hydrogen) atoms. The number of benzene rings is 2. The van der Waals surface area contributed by atoms with E-state index in [9.17, 15) is 14.9 Å². The first kappa shape index (κ1) is 23.2. The first-order chi connectivity index (χ1) is 15.3. The van der Waals surface area contributed by atoms with Gasteiger partial charge < -0.3 is 15.2 Å². The number of hydrogen-bond donors (Lipinski definition) is 1. The quantitative estimate of drug-likeness (QED) is 0.665. The molecule has 0 radical (unpaired) electrons. The standard InChI is InChI=1S/C23H19Cl2N3O4/c1-12-16(10-9-15(24)19(12)25)28-20(23(30)32-3)18(22(29)31-2)17(14(11-26)21(28)27)13-7-5-4-6-8-13/h4-10,17H,27H2,1-3H3. The van der Waals surface area contributed by atoms with E-state index < -0.39 is 17.9 Å². The van der Waals surface area contributed by atoms with Crippen molar-refractivity contribution >= 4 is 40.8 Å². The lowest BCUT2D eigenvalue weighted by atomic mass is 9.81. The Balaban J connectivity index is 2.46. The van der Waals surface area contributed by atoms with Gasteiger partial charge in [0.05, 0.1) is 53.1 Å². The van der Waals surface area contributed by atoms with Crippen LogP contribution >= 0.6 is 23.2 Å². The number of nitriles is 1. The molecule has 1 heterocycles. The highest BCUT2D eigenvalue weighted by molar-refractivity contribution is 6.42. The van der Waals surface area contributed by atoms with Crippen LogP contribution in [0.15, 0.2) is 65.1 Å². The summed E-state index contributed by atoms with van der Waals surface area (Å²) in [6.45, 7) is 1.68. The highest BCUT2D eigenvalue weighted by atomic mass is 35.5. The number of allylic oxidation sites excluding steroid dienone is 1. The number of nitrogens with zero attached hydrogens (tertiary/aromatic N) is 2. The van der Waals surface area contributed by atoms with Crippen LogP contribution in [-0.4, -0.2) is 26.2 Å². The van der Waals surface area contributed by atoms with Crippen LogP contribution in [0.5, 0.6) is 0 Å². The van der Waals surface area contributed by atoms with E-state index in [2.05, 4.69) is 6.07 Å². The molecule has 0 saturated carbocycles. The summed E-state index contributed by atoms with van der Waals surface area (Å²) in [6.07, 6.45) is 0. The molecule has 1 aliphatic heterocycles. The van der Waals surface area contributed by atoms with Crippen LogP contribution < -0.4 is 10.6 Å². The number of carbonyl (C=O) groups excluding carboxylic acids is 2. The summed E-state index contributed by atoms with van der Waals surface area (Å²) in [5, 5.41) is 10.6. The van der Waals surface area contributed by atoms with Crippen LogP contribution in [0.2, 0.25) is 10.0 Å². The number of rotatable bonds is 4. The van der Waals surface area contributed by atoms with E-state index in [1.165, 1.54) is 25.2 Å². The Hall–Kier alpha value is -3.47. The van der Waals surface area contributed by atoms with Crippen LogP contribution in [0, 0.1) is 18.3 Å². The van der Waals surface area contributed by atoms with Gasteiger partial charge in [-0.1, -0.05) is 53.5 Å². The zero-order valence-corrected chi connectivity index (χ0v) is 19.0. The van der Waals surface area contributed by atoms with E-state index in [-0.39, 0.29) is 27.7 Å². The second-order valence-electron chi connectivity index (χ2n) is 6.84. The SMILES string of the molecule is COC(=O)C1=C(C(=O)OC)N(c2ccc(Cl)c(Cl)c2C)C(N)=C(C#N)C1c1ccccc1. The van der Waals surface area contributed by atoms with Crippen molar-refractivity contribution in [1.82, 2.24) is 0 Å². The maximum Gasteiger partial charge on any atom is 0.355 e. The lowest BCUT2D eigenvalue weighted by Crippen LogP contribution is -2.41. The molecule has 0 aromatic heterocycles. The maximum absolute atomic E-state index is 13.0. The van der Waals surface area contributed by atoms with Crippen molar-refractivity contribution in [3.63, 3.8) is 0 Å². The van der Waals surface area contributed by atoms with Crippen molar-refractivity contribution in [3.8, 4) is 6.07 Å². The van der Waals surface area contributed by atoms with E-state index in [1.54, 1.807) is 43.3 Å². The summed E-state index contributed by atoms with van der Waals surface area (Å²) in [6, 6.07) is 14.0. The Morgan fingerprint density at radius 3 is 2.25 bits per heavy atom. The second-order valence-corrected chi connectivity index (χ2v) is 7.63. The van der Waals surface area contributed by atoms with Crippen molar-refractivity contribution < 1.29 is 19.1 Å². The Labute approximate surface area is 195 Å². The van der Waals surface area contributed by atoms with Gasteiger partial charge in [-0.05, 0) is 30.2 Å². The van der Waals surface area contributed by atoms with Gasteiger partial charge in [-0.3, -0.25) is 4.90 Å². The Bertz CT molecular complexity index is 1200. The summed E-state index contributed by atoms with van der Waals surface area (Å²) < 4.78 is 10.00. The molecule has 1 atom stereocenters. The summed E-state index contributed by atoms with van der Waals surface area (Å²) in [4.78, 5) is 27.3. The van der Waals surface area contributed by atoms with Crippen molar-refractivity contribution in [1.29, 1.82) is 5.26 Å². The molecule has 1 unspecified atom stereocenters. The number of methoxy groups -OCH3 is 2. The summed E-state index contributed by atoms with van der Waals surface area (Å²) >= 11 is 12.5. The molecule has 9 heteroatoms. The molecule has 3 rings (SSSR count). The predicted octanol–water partition coefficient (Wildman–Crippen LogP) is 4.20. The Kier molecular flexibility index (Phi) is 6.78. The van der Waals surface area contributed by atoms with Crippen molar-refractivity contribution in [2.75, 3.05) is 19.1 Å². The smallest absolute Gasteiger partial charge is 0.355 e. The zero-order chi connectivity index (χ0) is 23.6. The van der Waals surface area contributed by atoms with Crippen LogP contribution in [0.3, 0.4) is 0 Å². The van der Waals surface area contributed by atoms with Crippen LogP contribution in [-0.2, 0) is 19.1 Å². The first-order valence-corrected chi connectivity index (χ1v) is 10.1. The average molecular weight is 472 g/mol. The van der Waals surface area contributed by atoms with Gasteiger partial charge in [-0.2, -0.15) is 5.26 Å². The van der Waals surface area contributed by atoms with Gasteiger partial charge >= 0.3 is 11.9 Å². The van der Waals surface area contributed by atoms with Crippen LogP contribution in [0.25, 0.3) is 0 Å². The molecular weight excluding hydrogens is 453 g/mol. The van der Waals surface area contributed by atoms with E-state index >= 15 is 0 Å². The lowest BCUT2D eigenvalue weighted by molar-refractivity contribution is -0.139. The van der Waals surface area contributed by atoms with Gasteiger partial charge in [0.1, 0.15) is 11.5 Å². The lowest BCUT2D eigenvalue weighted by Gasteiger charge is -2.36. The zero-order valence-electron chi connectivity index (χ0n) is 17.5. The summed E-state index contributed by atoms with van der Waals surface area (Å²) in [5.41, 5.74) is 7.69. The molecule has 0 aliphatic carbocycles. The first-order valence-electron chi connectivity index (χ1n) is 9.38. The number of nitrogens with two attached hydrogens (primary N) is 1. The molecule has 2 aromatic rings. The van der Waals surface area contributed by atoms with E-state index in [1.807, 2.05) is 0 Å². The molecule has 164 valence electrons. The monoisotopic (exact) mass is 471 g/mol. The number of carbonyl (C=O) groups is 2. The molecule has 7 nitrogen and oxygen atoms in total. The molecule has 0 amide bonds. The minimum atomic E-state index is -0.943. The van der Waals surface area contributed by atoms with Gasteiger partial charge in [0.25, 0.3) is 0 Å². The predicted molar refractivity (Wildman–Crippen MR) is 121 cm³/mol.